The second kappa shape index (κ2) is 7.49. The van der Waals surface area contributed by atoms with Crippen molar-refractivity contribution in [1.29, 1.82) is 0 Å². The molecule has 0 aromatic heterocycles. The second-order valence-corrected chi connectivity index (χ2v) is 6.38. The first-order valence-electron chi connectivity index (χ1n) is 8.01. The van der Waals surface area contributed by atoms with Crippen LogP contribution >= 0.6 is 0 Å². The van der Waals surface area contributed by atoms with Crippen LogP contribution in [0.4, 0.5) is 5.69 Å². The van der Waals surface area contributed by atoms with Gasteiger partial charge in [0.15, 0.2) is 0 Å². The molecule has 0 saturated carbocycles. The first kappa shape index (κ1) is 16.6. The van der Waals surface area contributed by atoms with Crippen molar-refractivity contribution in [1.82, 2.24) is 10.2 Å². The summed E-state index contributed by atoms with van der Waals surface area (Å²) in [5, 5.41) is 12.4. The Morgan fingerprint density at radius 1 is 1.14 bits per heavy atom. The van der Waals surface area contributed by atoms with Gasteiger partial charge in [-0.3, -0.25) is 9.69 Å². The Hall–Kier alpha value is -1.75. The van der Waals surface area contributed by atoms with E-state index in [1.165, 1.54) is 0 Å². The number of rotatable bonds is 5. The predicted octanol–water partition coefficient (Wildman–Crippen LogP) is 1.67. The fourth-order valence-corrected chi connectivity index (χ4v) is 2.50. The van der Waals surface area contributed by atoms with Crippen molar-refractivity contribution in [3.05, 3.63) is 24.3 Å². The van der Waals surface area contributed by atoms with E-state index in [1.807, 2.05) is 19.1 Å². The van der Waals surface area contributed by atoms with Crippen LogP contribution in [0.5, 0.6) is 5.75 Å². The molecule has 1 fully saturated rings. The summed E-state index contributed by atoms with van der Waals surface area (Å²) < 4.78 is 0. The lowest BCUT2D eigenvalue weighted by Gasteiger charge is -2.36. The van der Waals surface area contributed by atoms with Gasteiger partial charge in [0, 0.05) is 37.9 Å². The number of nitrogens with one attached hydrogen (secondary N) is 1. The highest BCUT2D eigenvalue weighted by atomic mass is 16.3. The van der Waals surface area contributed by atoms with Crippen molar-refractivity contribution in [3.8, 4) is 5.75 Å². The van der Waals surface area contributed by atoms with E-state index >= 15 is 0 Å². The maximum atomic E-state index is 12.0. The number of phenols is 1. The monoisotopic (exact) mass is 305 g/mol. The molecule has 22 heavy (non-hydrogen) atoms. The molecule has 1 aliphatic rings. The molecule has 1 amide bonds. The summed E-state index contributed by atoms with van der Waals surface area (Å²) in [5.74, 6) is 0.855. The average molecular weight is 305 g/mol. The fraction of sp³-hybridized carbons (Fsp3) is 0.588. The quantitative estimate of drug-likeness (QED) is 0.869. The van der Waals surface area contributed by atoms with Gasteiger partial charge in [-0.1, -0.05) is 13.8 Å². The van der Waals surface area contributed by atoms with Gasteiger partial charge in [0.05, 0.1) is 6.54 Å². The van der Waals surface area contributed by atoms with Crippen molar-refractivity contribution in [3.63, 3.8) is 0 Å². The van der Waals surface area contributed by atoms with E-state index in [-0.39, 0.29) is 11.9 Å². The van der Waals surface area contributed by atoms with Gasteiger partial charge in [0.25, 0.3) is 0 Å². The van der Waals surface area contributed by atoms with E-state index in [1.54, 1.807) is 12.1 Å². The van der Waals surface area contributed by atoms with Crippen LogP contribution in [-0.4, -0.2) is 54.7 Å². The number of hydrogen-bond donors (Lipinski definition) is 2. The molecular weight excluding hydrogens is 278 g/mol. The summed E-state index contributed by atoms with van der Waals surface area (Å²) in [5.41, 5.74) is 1.12. The van der Waals surface area contributed by atoms with Crippen molar-refractivity contribution < 1.29 is 9.90 Å². The number of carbonyl (C=O) groups excluding carboxylic acids is 1. The number of phenolic OH excluding ortho intramolecular Hbond substituents is 1. The maximum absolute atomic E-state index is 12.0. The highest BCUT2D eigenvalue weighted by Crippen LogP contribution is 2.19. The number of benzene rings is 1. The molecule has 1 saturated heterocycles. The average Bonchev–Trinajstić information content (AvgIpc) is 2.48. The molecule has 1 unspecified atom stereocenters. The molecule has 5 heteroatoms. The van der Waals surface area contributed by atoms with Crippen LogP contribution in [0.2, 0.25) is 0 Å². The highest BCUT2D eigenvalue weighted by Gasteiger charge is 2.20. The number of amides is 1. The van der Waals surface area contributed by atoms with Gasteiger partial charge in [-0.2, -0.15) is 0 Å². The molecule has 0 bridgehead atoms. The Balaban J connectivity index is 1.77. The van der Waals surface area contributed by atoms with E-state index in [0.717, 1.165) is 31.9 Å². The molecule has 1 aromatic rings. The van der Waals surface area contributed by atoms with Crippen LogP contribution in [0.25, 0.3) is 0 Å². The summed E-state index contributed by atoms with van der Waals surface area (Å²) in [6.07, 6.45) is 0. The van der Waals surface area contributed by atoms with Crippen LogP contribution in [0.3, 0.4) is 0 Å². The third-order valence-electron chi connectivity index (χ3n) is 4.34. The zero-order valence-corrected chi connectivity index (χ0v) is 13.7. The maximum Gasteiger partial charge on any atom is 0.234 e. The first-order chi connectivity index (χ1) is 10.5. The molecule has 1 aromatic carbocycles. The standard InChI is InChI=1S/C17H27N3O2/c1-13(2)14(3)18-17(22)12-19-8-10-20(11-9-19)15-4-6-16(21)7-5-15/h4-7,13-14,21H,8-12H2,1-3H3,(H,18,22). The van der Waals surface area contributed by atoms with Gasteiger partial charge in [-0.05, 0) is 37.1 Å². The molecular formula is C17H27N3O2. The number of carbonyl (C=O) groups is 1. The molecule has 5 nitrogen and oxygen atoms in total. The van der Waals surface area contributed by atoms with E-state index in [9.17, 15) is 9.90 Å². The highest BCUT2D eigenvalue weighted by molar-refractivity contribution is 5.78. The Morgan fingerprint density at radius 3 is 2.27 bits per heavy atom. The molecule has 0 radical (unpaired) electrons. The van der Waals surface area contributed by atoms with Gasteiger partial charge in [-0.15, -0.1) is 0 Å². The lowest BCUT2D eigenvalue weighted by atomic mass is 10.1. The second-order valence-electron chi connectivity index (χ2n) is 6.38. The predicted molar refractivity (Wildman–Crippen MR) is 89.2 cm³/mol. The van der Waals surface area contributed by atoms with Gasteiger partial charge in [-0.25, -0.2) is 0 Å². The molecule has 0 aliphatic carbocycles. The van der Waals surface area contributed by atoms with Gasteiger partial charge in [0.2, 0.25) is 5.91 Å². The third kappa shape index (κ3) is 4.63. The Labute approximate surface area is 132 Å². The summed E-state index contributed by atoms with van der Waals surface area (Å²) in [6, 6.07) is 7.50. The van der Waals surface area contributed by atoms with Gasteiger partial charge in [0.1, 0.15) is 5.75 Å². The number of aromatic hydroxyl groups is 1. The molecule has 2 rings (SSSR count). The number of hydrogen-bond acceptors (Lipinski definition) is 4. The van der Waals surface area contributed by atoms with Gasteiger partial charge >= 0.3 is 0 Å². The fourth-order valence-electron chi connectivity index (χ4n) is 2.50. The van der Waals surface area contributed by atoms with Crippen LogP contribution in [0, 0.1) is 5.92 Å². The first-order valence-corrected chi connectivity index (χ1v) is 8.01. The Bertz CT molecular complexity index is 479. The van der Waals surface area contributed by atoms with Crippen molar-refractivity contribution in [2.24, 2.45) is 5.92 Å². The summed E-state index contributed by atoms with van der Waals surface area (Å²) in [7, 11) is 0. The van der Waals surface area contributed by atoms with E-state index in [0.29, 0.717) is 18.2 Å². The van der Waals surface area contributed by atoms with Crippen molar-refractivity contribution in [2.45, 2.75) is 26.8 Å². The number of piperazine rings is 1. The molecule has 1 aliphatic heterocycles. The van der Waals surface area contributed by atoms with Gasteiger partial charge < -0.3 is 15.3 Å². The van der Waals surface area contributed by atoms with Crippen LogP contribution in [0.1, 0.15) is 20.8 Å². The van der Waals surface area contributed by atoms with Crippen molar-refractivity contribution >= 4 is 11.6 Å². The van der Waals surface area contributed by atoms with Crippen LogP contribution < -0.4 is 10.2 Å². The van der Waals surface area contributed by atoms with E-state index < -0.39 is 0 Å². The number of anilines is 1. The third-order valence-corrected chi connectivity index (χ3v) is 4.34. The summed E-state index contributed by atoms with van der Waals surface area (Å²) in [6.45, 7) is 10.3. The SMILES string of the molecule is CC(C)C(C)NC(=O)CN1CCN(c2ccc(O)cc2)CC1. The summed E-state index contributed by atoms with van der Waals surface area (Å²) in [4.78, 5) is 16.5. The number of nitrogens with zero attached hydrogens (tertiary/aromatic N) is 2. The molecule has 1 atom stereocenters. The smallest absolute Gasteiger partial charge is 0.234 e. The van der Waals surface area contributed by atoms with Crippen molar-refractivity contribution in [2.75, 3.05) is 37.6 Å². The van der Waals surface area contributed by atoms with Crippen LogP contribution in [-0.2, 0) is 4.79 Å². The molecule has 2 N–H and O–H groups in total. The molecule has 0 spiro atoms. The van der Waals surface area contributed by atoms with E-state index in [2.05, 4.69) is 29.0 Å². The minimum absolute atomic E-state index is 0.110. The largest absolute Gasteiger partial charge is 0.508 e. The topological polar surface area (TPSA) is 55.8 Å². The minimum atomic E-state index is 0.110. The molecule has 1 heterocycles. The zero-order chi connectivity index (χ0) is 16.1. The lowest BCUT2D eigenvalue weighted by molar-refractivity contribution is -0.123. The minimum Gasteiger partial charge on any atom is -0.508 e. The van der Waals surface area contributed by atoms with Crippen LogP contribution in [0.15, 0.2) is 24.3 Å². The molecule has 122 valence electrons. The lowest BCUT2D eigenvalue weighted by Crippen LogP contribution is -2.50. The summed E-state index contributed by atoms with van der Waals surface area (Å²) >= 11 is 0. The Morgan fingerprint density at radius 2 is 1.73 bits per heavy atom. The van der Waals surface area contributed by atoms with E-state index in [4.69, 9.17) is 0 Å². The Kier molecular flexibility index (Phi) is 5.66. The zero-order valence-electron chi connectivity index (χ0n) is 13.7. The normalized spacial score (nSPS) is 17.5.